The van der Waals surface area contributed by atoms with E-state index in [1.54, 1.807) is 0 Å². The van der Waals surface area contributed by atoms with Crippen molar-refractivity contribution in [3.8, 4) is 0 Å². The van der Waals surface area contributed by atoms with Crippen LogP contribution in [0.15, 0.2) is 12.1 Å². The van der Waals surface area contributed by atoms with Gasteiger partial charge in [-0.25, -0.2) is 8.78 Å². The van der Waals surface area contributed by atoms with E-state index in [0.29, 0.717) is 12.0 Å². The lowest BCUT2D eigenvalue weighted by molar-refractivity contribution is 0.419. The van der Waals surface area contributed by atoms with Crippen LogP contribution < -0.4 is 5.46 Å². The maximum atomic E-state index is 13.7. The number of halogens is 2. The van der Waals surface area contributed by atoms with Gasteiger partial charge in [0.1, 0.15) is 0 Å². The fraction of sp³-hybridized carbons (Fsp3) is 0.600. The number of unbranched alkanes of at least 4 members (excludes halogenated alkanes) is 6. The fourth-order valence-electron chi connectivity index (χ4n) is 2.27. The number of hydrogen-bond acceptors (Lipinski definition) is 2. The highest BCUT2D eigenvalue weighted by atomic mass is 19.2. The Hall–Kier alpha value is -0.935. The van der Waals surface area contributed by atoms with Crippen molar-refractivity contribution in [2.45, 2.75) is 58.3 Å². The molecular formula is C15H23BF2O2. The minimum absolute atomic E-state index is 0.306. The molecule has 5 heteroatoms. The van der Waals surface area contributed by atoms with E-state index in [2.05, 4.69) is 6.92 Å². The molecular weight excluding hydrogens is 261 g/mol. The Labute approximate surface area is 120 Å². The van der Waals surface area contributed by atoms with Crippen molar-refractivity contribution < 1.29 is 18.8 Å². The Balaban J connectivity index is 2.39. The van der Waals surface area contributed by atoms with E-state index >= 15 is 0 Å². The van der Waals surface area contributed by atoms with Crippen molar-refractivity contribution in [1.29, 1.82) is 0 Å². The molecule has 0 saturated carbocycles. The molecule has 0 heterocycles. The average molecular weight is 284 g/mol. The molecule has 0 atom stereocenters. The number of rotatable bonds is 9. The second-order valence-corrected chi connectivity index (χ2v) is 5.19. The maximum Gasteiger partial charge on any atom is 0.491 e. The van der Waals surface area contributed by atoms with Gasteiger partial charge in [0.25, 0.3) is 0 Å². The summed E-state index contributed by atoms with van der Waals surface area (Å²) in [6, 6.07) is 2.67. The van der Waals surface area contributed by atoms with E-state index in [4.69, 9.17) is 10.0 Å². The molecule has 0 amide bonds. The van der Waals surface area contributed by atoms with Gasteiger partial charge >= 0.3 is 7.12 Å². The SMILES string of the molecule is CCCCCCCCCc1ccc(B(O)O)c(F)c1F. The van der Waals surface area contributed by atoms with E-state index in [9.17, 15) is 8.78 Å². The summed E-state index contributed by atoms with van der Waals surface area (Å²) in [6.45, 7) is 2.17. The van der Waals surface area contributed by atoms with Crippen LogP contribution in [0.4, 0.5) is 8.78 Å². The second-order valence-electron chi connectivity index (χ2n) is 5.19. The molecule has 1 aromatic rings. The lowest BCUT2D eigenvalue weighted by atomic mass is 9.79. The molecule has 112 valence electrons. The van der Waals surface area contributed by atoms with Gasteiger partial charge in [0.15, 0.2) is 11.6 Å². The Morgan fingerprint density at radius 2 is 1.50 bits per heavy atom. The molecule has 0 spiro atoms. The Morgan fingerprint density at radius 1 is 0.900 bits per heavy atom. The monoisotopic (exact) mass is 284 g/mol. The van der Waals surface area contributed by atoms with Crippen molar-refractivity contribution >= 4 is 12.6 Å². The highest BCUT2D eigenvalue weighted by Crippen LogP contribution is 2.15. The quantitative estimate of drug-likeness (QED) is 0.540. The zero-order valence-corrected chi connectivity index (χ0v) is 12.0. The molecule has 1 aromatic carbocycles. The van der Waals surface area contributed by atoms with Crippen molar-refractivity contribution in [3.63, 3.8) is 0 Å². The van der Waals surface area contributed by atoms with Gasteiger partial charge in [0, 0.05) is 5.46 Å². The van der Waals surface area contributed by atoms with E-state index < -0.39 is 24.2 Å². The third kappa shape index (κ3) is 5.21. The van der Waals surface area contributed by atoms with Crippen LogP contribution in [0.3, 0.4) is 0 Å². The third-order valence-electron chi connectivity index (χ3n) is 3.52. The second kappa shape index (κ2) is 9.08. The highest BCUT2D eigenvalue weighted by Gasteiger charge is 2.21. The Bertz CT molecular complexity index is 411. The smallest absolute Gasteiger partial charge is 0.423 e. The van der Waals surface area contributed by atoms with Crippen LogP contribution in [0.5, 0.6) is 0 Å². The molecule has 0 aliphatic rings. The molecule has 0 aliphatic heterocycles. The largest absolute Gasteiger partial charge is 0.491 e. The molecule has 0 bridgehead atoms. The minimum Gasteiger partial charge on any atom is -0.423 e. The first kappa shape index (κ1) is 17.1. The molecule has 2 N–H and O–H groups in total. The first-order chi connectivity index (χ1) is 9.57. The fourth-order valence-corrected chi connectivity index (χ4v) is 2.27. The van der Waals surface area contributed by atoms with Gasteiger partial charge < -0.3 is 10.0 Å². The first-order valence-corrected chi connectivity index (χ1v) is 7.40. The molecule has 0 aliphatic carbocycles. The Morgan fingerprint density at radius 3 is 2.10 bits per heavy atom. The summed E-state index contributed by atoms with van der Waals surface area (Å²) in [5, 5.41) is 17.8. The number of benzene rings is 1. The van der Waals surface area contributed by atoms with Crippen LogP contribution in [-0.4, -0.2) is 17.2 Å². The minimum atomic E-state index is -1.97. The summed E-state index contributed by atoms with van der Waals surface area (Å²) >= 11 is 0. The summed E-state index contributed by atoms with van der Waals surface area (Å²) < 4.78 is 27.2. The normalized spacial score (nSPS) is 10.8. The standard InChI is InChI=1S/C15H23BF2O2/c1-2-3-4-5-6-7-8-9-12-10-11-13(16(19)20)15(18)14(12)17/h10-11,19-20H,2-9H2,1H3. The lowest BCUT2D eigenvalue weighted by Crippen LogP contribution is -2.33. The van der Waals surface area contributed by atoms with Crippen molar-refractivity contribution in [2.24, 2.45) is 0 Å². The topological polar surface area (TPSA) is 40.5 Å². The van der Waals surface area contributed by atoms with Crippen LogP contribution in [0.25, 0.3) is 0 Å². The Kier molecular flexibility index (Phi) is 7.77. The van der Waals surface area contributed by atoms with Gasteiger partial charge in [-0.3, -0.25) is 0 Å². The lowest BCUT2D eigenvalue weighted by Gasteiger charge is -2.08. The van der Waals surface area contributed by atoms with Crippen molar-refractivity contribution in [2.75, 3.05) is 0 Å². The molecule has 20 heavy (non-hydrogen) atoms. The summed E-state index contributed by atoms with van der Waals surface area (Å²) in [5.74, 6) is -2.11. The molecule has 0 aromatic heterocycles. The van der Waals surface area contributed by atoms with E-state index in [0.717, 1.165) is 19.3 Å². The molecule has 0 fully saturated rings. The molecule has 0 unspecified atom stereocenters. The molecule has 2 nitrogen and oxygen atoms in total. The molecule has 0 saturated heterocycles. The van der Waals surface area contributed by atoms with Crippen LogP contribution in [0.1, 0.15) is 57.4 Å². The van der Waals surface area contributed by atoms with Gasteiger partial charge in [-0.05, 0) is 18.4 Å². The predicted octanol–water partition coefficient (Wildman–Crippen LogP) is 2.94. The summed E-state index contributed by atoms with van der Waals surface area (Å²) in [4.78, 5) is 0. The van der Waals surface area contributed by atoms with Gasteiger partial charge in [-0.15, -0.1) is 0 Å². The van der Waals surface area contributed by atoms with Gasteiger partial charge in [-0.2, -0.15) is 0 Å². The zero-order valence-electron chi connectivity index (χ0n) is 12.0. The summed E-state index contributed by atoms with van der Waals surface area (Å²) in [5.41, 5.74) is -0.105. The van der Waals surface area contributed by atoms with Crippen LogP contribution in [0, 0.1) is 11.6 Å². The predicted molar refractivity (Wildman–Crippen MR) is 77.9 cm³/mol. The molecule has 1 rings (SSSR count). The third-order valence-corrected chi connectivity index (χ3v) is 3.52. The maximum absolute atomic E-state index is 13.7. The van der Waals surface area contributed by atoms with E-state index in [1.807, 2.05) is 0 Å². The summed E-state index contributed by atoms with van der Waals surface area (Å²) in [6.07, 6.45) is 8.34. The van der Waals surface area contributed by atoms with Crippen molar-refractivity contribution in [3.05, 3.63) is 29.3 Å². The summed E-state index contributed by atoms with van der Waals surface area (Å²) in [7, 11) is -1.97. The molecule has 0 radical (unpaired) electrons. The highest BCUT2D eigenvalue weighted by molar-refractivity contribution is 6.58. The first-order valence-electron chi connectivity index (χ1n) is 7.40. The van der Waals surface area contributed by atoms with Gasteiger partial charge in [0.2, 0.25) is 0 Å². The van der Waals surface area contributed by atoms with Crippen LogP contribution in [-0.2, 0) is 6.42 Å². The van der Waals surface area contributed by atoms with Crippen molar-refractivity contribution in [1.82, 2.24) is 0 Å². The number of hydrogen-bond donors (Lipinski definition) is 2. The van der Waals surface area contributed by atoms with Gasteiger partial charge in [0.05, 0.1) is 0 Å². The zero-order chi connectivity index (χ0) is 15.0. The van der Waals surface area contributed by atoms with Crippen LogP contribution in [0.2, 0.25) is 0 Å². The van der Waals surface area contributed by atoms with Crippen LogP contribution >= 0.6 is 0 Å². The number of aryl methyl sites for hydroxylation is 1. The average Bonchev–Trinajstić information content (AvgIpc) is 2.42. The van der Waals surface area contributed by atoms with E-state index in [-0.39, 0.29) is 0 Å². The van der Waals surface area contributed by atoms with E-state index in [1.165, 1.54) is 37.8 Å². The van der Waals surface area contributed by atoms with Gasteiger partial charge in [-0.1, -0.05) is 57.6 Å².